The molecule has 4 aliphatic heterocycles. The van der Waals surface area contributed by atoms with Gasteiger partial charge in [0.15, 0.2) is 0 Å². The van der Waals surface area contributed by atoms with Gasteiger partial charge in [0.05, 0.1) is 7.11 Å². The zero-order valence-corrected chi connectivity index (χ0v) is 18.7. The number of piperazine rings is 1. The topological polar surface area (TPSA) is 53.1 Å². The molecule has 6 heteroatoms. The third kappa shape index (κ3) is 3.88. The number of hydrogen-bond acceptors (Lipinski definition) is 4. The Morgan fingerprint density at radius 1 is 0.812 bits per heavy atom. The Hall–Kier alpha value is -2.86. The second-order valence-electron chi connectivity index (χ2n) is 9.11. The summed E-state index contributed by atoms with van der Waals surface area (Å²) >= 11 is 0. The van der Waals surface area contributed by atoms with Gasteiger partial charge in [-0.1, -0.05) is 42.5 Å². The number of amides is 2. The van der Waals surface area contributed by atoms with Crippen LogP contribution >= 0.6 is 0 Å². The first-order chi connectivity index (χ1) is 15.7. The minimum atomic E-state index is -0.426. The lowest BCUT2D eigenvalue weighted by Crippen LogP contribution is -2.66. The van der Waals surface area contributed by atoms with E-state index in [1.54, 1.807) is 7.11 Å². The maximum Gasteiger partial charge on any atom is 0.248 e. The van der Waals surface area contributed by atoms with E-state index in [1.165, 1.54) is 12.8 Å². The Kier molecular flexibility index (Phi) is 5.87. The molecule has 0 radical (unpaired) electrons. The third-order valence-corrected chi connectivity index (χ3v) is 7.23. The van der Waals surface area contributed by atoms with Crippen LogP contribution in [0, 0.1) is 0 Å². The summed E-state index contributed by atoms with van der Waals surface area (Å²) in [5.41, 5.74) is 2.09. The van der Waals surface area contributed by atoms with Crippen LogP contribution in [-0.2, 0) is 22.7 Å². The van der Waals surface area contributed by atoms with Crippen LogP contribution in [0.3, 0.4) is 0 Å². The number of ether oxygens (including phenoxy) is 1. The normalized spacial score (nSPS) is 26.0. The largest absolute Gasteiger partial charge is 0.497 e. The SMILES string of the molecule is COc1ccc(CN2C(=O)[C@@H]3CC[C@H](N4CCCC4)[C@H]2C(=O)N3Cc2ccccc2)cc1. The summed E-state index contributed by atoms with van der Waals surface area (Å²) in [6.07, 6.45) is 3.95. The van der Waals surface area contributed by atoms with Gasteiger partial charge in [-0.05, 0) is 62.0 Å². The molecule has 6 nitrogen and oxygen atoms in total. The van der Waals surface area contributed by atoms with Crippen molar-refractivity contribution in [3.05, 3.63) is 65.7 Å². The summed E-state index contributed by atoms with van der Waals surface area (Å²) in [5, 5.41) is 0. The Bertz CT molecular complexity index is 956. The van der Waals surface area contributed by atoms with Crippen molar-refractivity contribution in [3.63, 3.8) is 0 Å². The van der Waals surface area contributed by atoms with Gasteiger partial charge < -0.3 is 14.5 Å². The molecule has 0 aliphatic carbocycles. The Morgan fingerprint density at radius 2 is 1.47 bits per heavy atom. The first-order valence-corrected chi connectivity index (χ1v) is 11.7. The average molecular weight is 434 g/mol. The van der Waals surface area contributed by atoms with Gasteiger partial charge in [-0.15, -0.1) is 0 Å². The Balaban J connectivity index is 1.47. The summed E-state index contributed by atoms with van der Waals surface area (Å²) in [6.45, 7) is 2.99. The first kappa shape index (κ1) is 21.0. The van der Waals surface area contributed by atoms with Crippen LogP contribution in [0.1, 0.15) is 36.8 Å². The molecule has 2 aromatic rings. The van der Waals surface area contributed by atoms with Crippen LogP contribution in [0.25, 0.3) is 0 Å². The van der Waals surface area contributed by atoms with E-state index in [4.69, 9.17) is 4.74 Å². The Labute approximate surface area is 189 Å². The number of carbonyl (C=O) groups is 2. The van der Waals surface area contributed by atoms with E-state index in [0.29, 0.717) is 13.1 Å². The van der Waals surface area contributed by atoms with E-state index < -0.39 is 6.04 Å². The van der Waals surface area contributed by atoms with Crippen molar-refractivity contribution in [1.82, 2.24) is 14.7 Å². The zero-order valence-electron chi connectivity index (χ0n) is 18.7. The number of methoxy groups -OCH3 is 1. The number of hydrogen-bond donors (Lipinski definition) is 0. The molecule has 0 spiro atoms. The number of likely N-dealkylation sites (tertiary alicyclic amines) is 1. The van der Waals surface area contributed by atoms with Gasteiger partial charge in [0.2, 0.25) is 11.8 Å². The highest BCUT2D eigenvalue weighted by molar-refractivity contribution is 5.98. The monoisotopic (exact) mass is 433 g/mol. The summed E-state index contributed by atoms with van der Waals surface area (Å²) in [7, 11) is 1.65. The molecule has 0 saturated carbocycles. The predicted molar refractivity (Wildman–Crippen MR) is 122 cm³/mol. The van der Waals surface area contributed by atoms with Crippen molar-refractivity contribution in [1.29, 1.82) is 0 Å². The molecule has 168 valence electrons. The molecule has 4 fully saturated rings. The van der Waals surface area contributed by atoms with Crippen LogP contribution < -0.4 is 4.74 Å². The van der Waals surface area contributed by atoms with Crippen LogP contribution in [0.15, 0.2) is 54.6 Å². The molecule has 2 aromatic carbocycles. The highest BCUT2D eigenvalue weighted by Gasteiger charge is 2.53. The van der Waals surface area contributed by atoms with E-state index in [9.17, 15) is 9.59 Å². The summed E-state index contributed by atoms with van der Waals surface area (Å²) in [5.74, 6) is 0.974. The first-order valence-electron chi connectivity index (χ1n) is 11.7. The second kappa shape index (κ2) is 8.94. The molecular weight excluding hydrogens is 402 g/mol. The molecule has 0 N–H and O–H groups in total. The number of fused-ring (bicyclic) bond motifs is 4. The molecule has 2 bridgehead atoms. The lowest BCUT2D eigenvalue weighted by molar-refractivity contribution is -0.163. The average Bonchev–Trinajstić information content (AvgIpc) is 3.27. The fraction of sp³-hybridized carbons (Fsp3) is 0.462. The maximum atomic E-state index is 13.9. The molecule has 0 aromatic heterocycles. The van der Waals surface area contributed by atoms with Gasteiger partial charge in [-0.25, -0.2) is 0 Å². The molecule has 4 aliphatic rings. The van der Waals surface area contributed by atoms with Crippen molar-refractivity contribution in [2.24, 2.45) is 0 Å². The molecule has 0 unspecified atom stereocenters. The zero-order chi connectivity index (χ0) is 22.1. The van der Waals surface area contributed by atoms with E-state index >= 15 is 0 Å². The fourth-order valence-electron chi connectivity index (χ4n) is 5.58. The lowest BCUT2D eigenvalue weighted by Gasteiger charge is -2.45. The number of benzene rings is 2. The number of nitrogens with zero attached hydrogens (tertiary/aromatic N) is 3. The molecule has 4 saturated heterocycles. The smallest absolute Gasteiger partial charge is 0.248 e. The highest BCUT2D eigenvalue weighted by Crippen LogP contribution is 2.35. The molecule has 2 amide bonds. The minimum absolute atomic E-state index is 0.0862. The molecule has 6 rings (SSSR count). The van der Waals surface area contributed by atoms with Crippen molar-refractivity contribution in [2.45, 2.75) is 56.9 Å². The quantitative estimate of drug-likeness (QED) is 0.703. The minimum Gasteiger partial charge on any atom is -0.497 e. The van der Waals surface area contributed by atoms with E-state index in [1.807, 2.05) is 64.4 Å². The van der Waals surface area contributed by atoms with Gasteiger partial charge in [-0.2, -0.15) is 0 Å². The summed E-state index contributed by atoms with van der Waals surface area (Å²) < 4.78 is 5.27. The molecule has 4 heterocycles. The van der Waals surface area contributed by atoms with Gasteiger partial charge >= 0.3 is 0 Å². The molecular formula is C26H31N3O3. The Morgan fingerprint density at radius 3 is 2.16 bits per heavy atom. The van der Waals surface area contributed by atoms with Crippen molar-refractivity contribution in [2.75, 3.05) is 20.2 Å². The second-order valence-corrected chi connectivity index (χ2v) is 9.11. The van der Waals surface area contributed by atoms with Gasteiger partial charge in [-0.3, -0.25) is 14.5 Å². The van der Waals surface area contributed by atoms with Gasteiger partial charge in [0, 0.05) is 19.1 Å². The van der Waals surface area contributed by atoms with Crippen molar-refractivity contribution < 1.29 is 14.3 Å². The molecule has 3 atom stereocenters. The highest BCUT2D eigenvalue weighted by atomic mass is 16.5. The van der Waals surface area contributed by atoms with E-state index in [2.05, 4.69) is 4.90 Å². The van der Waals surface area contributed by atoms with Gasteiger partial charge in [0.25, 0.3) is 0 Å². The lowest BCUT2D eigenvalue weighted by atomic mass is 10.00. The third-order valence-electron chi connectivity index (χ3n) is 7.23. The van der Waals surface area contributed by atoms with Crippen LogP contribution in [0.2, 0.25) is 0 Å². The van der Waals surface area contributed by atoms with E-state index in [-0.39, 0.29) is 23.9 Å². The number of rotatable bonds is 6. The van der Waals surface area contributed by atoms with Crippen molar-refractivity contribution in [3.8, 4) is 5.75 Å². The standard InChI is InChI=1S/C26H31N3O3/c1-32-21-11-9-20(10-12-21)18-29-24-22(27-15-5-6-16-27)13-14-23(25(29)30)28(26(24)31)17-19-7-3-2-4-8-19/h2-4,7-12,22-24H,5-6,13-18H2,1H3/t22-,23-,24-/m0/s1. The van der Waals surface area contributed by atoms with Crippen molar-refractivity contribution >= 4 is 11.8 Å². The predicted octanol–water partition coefficient (Wildman–Crippen LogP) is 3.06. The summed E-state index contributed by atoms with van der Waals surface area (Å²) in [4.78, 5) is 33.8. The van der Waals surface area contributed by atoms with Gasteiger partial charge in [0.1, 0.15) is 17.8 Å². The number of carbonyl (C=O) groups excluding carboxylic acids is 2. The van der Waals surface area contributed by atoms with Crippen LogP contribution in [-0.4, -0.2) is 64.8 Å². The van der Waals surface area contributed by atoms with E-state index in [0.717, 1.165) is 42.8 Å². The molecule has 32 heavy (non-hydrogen) atoms. The maximum absolute atomic E-state index is 13.9. The fourth-order valence-corrected chi connectivity index (χ4v) is 5.58. The van der Waals surface area contributed by atoms with Crippen LogP contribution in [0.5, 0.6) is 5.75 Å². The van der Waals surface area contributed by atoms with Crippen LogP contribution in [0.4, 0.5) is 0 Å². The summed E-state index contributed by atoms with van der Waals surface area (Å²) in [6, 6.07) is 17.1.